The zero-order chi connectivity index (χ0) is 14.1. The van der Waals surface area contributed by atoms with Gasteiger partial charge in [0.25, 0.3) is 0 Å². The van der Waals surface area contributed by atoms with Crippen LogP contribution in [0.3, 0.4) is 0 Å². The molecule has 0 heterocycles. The molecule has 0 fully saturated rings. The molecule has 0 saturated heterocycles. The Labute approximate surface area is 128 Å². The van der Waals surface area contributed by atoms with Crippen molar-refractivity contribution in [2.45, 2.75) is 26.3 Å². The van der Waals surface area contributed by atoms with Crippen molar-refractivity contribution in [3.63, 3.8) is 0 Å². The summed E-state index contributed by atoms with van der Waals surface area (Å²) in [6, 6.07) is 1.43. The van der Waals surface area contributed by atoms with Gasteiger partial charge in [-0.25, -0.2) is 4.39 Å². The Morgan fingerprint density at radius 3 is 2.42 bits per heavy atom. The highest BCUT2D eigenvalue weighted by Crippen LogP contribution is 2.38. The Morgan fingerprint density at radius 1 is 1.47 bits per heavy atom. The summed E-state index contributed by atoms with van der Waals surface area (Å²) in [7, 11) is 0. The van der Waals surface area contributed by atoms with E-state index in [1.54, 1.807) is 13.8 Å². The highest BCUT2D eigenvalue weighted by molar-refractivity contribution is 6.41. The van der Waals surface area contributed by atoms with Gasteiger partial charge in [-0.05, 0) is 26.8 Å². The van der Waals surface area contributed by atoms with E-state index in [1.807, 2.05) is 0 Å². The van der Waals surface area contributed by atoms with E-state index in [9.17, 15) is 9.18 Å². The summed E-state index contributed by atoms with van der Waals surface area (Å²) in [4.78, 5) is 11.6. The molecule has 7 heteroatoms. The molecule has 0 aromatic heterocycles. The molecule has 0 bridgehead atoms. The quantitative estimate of drug-likeness (QED) is 0.637. The zero-order valence-corrected chi connectivity index (χ0v) is 13.1. The molecule has 108 valence electrons. The maximum atomic E-state index is 12.9. The van der Waals surface area contributed by atoms with Crippen LogP contribution in [-0.2, 0) is 0 Å². The lowest BCUT2D eigenvalue weighted by Crippen LogP contribution is -2.34. The van der Waals surface area contributed by atoms with E-state index in [2.05, 4.69) is 5.32 Å². The first-order valence-corrected chi connectivity index (χ1v) is 6.07. The van der Waals surface area contributed by atoms with Gasteiger partial charge in [-0.15, -0.1) is 12.4 Å². The number of nitrogens with two attached hydrogens (primary N) is 1. The van der Waals surface area contributed by atoms with E-state index in [0.29, 0.717) is 11.3 Å². The fourth-order valence-corrected chi connectivity index (χ4v) is 1.91. The van der Waals surface area contributed by atoms with Crippen molar-refractivity contribution in [2.24, 2.45) is 0 Å². The summed E-state index contributed by atoms with van der Waals surface area (Å²) < 4.78 is 12.9. The van der Waals surface area contributed by atoms with Crippen LogP contribution in [0.1, 0.15) is 31.1 Å². The lowest BCUT2D eigenvalue weighted by atomic mass is 10.0. The van der Waals surface area contributed by atoms with Crippen molar-refractivity contribution in [3.05, 3.63) is 21.7 Å². The van der Waals surface area contributed by atoms with E-state index < -0.39 is 12.2 Å². The summed E-state index contributed by atoms with van der Waals surface area (Å²) in [5.41, 5.74) is 5.62. The van der Waals surface area contributed by atoms with Gasteiger partial charge in [0.05, 0.1) is 27.0 Å². The number of Topliss-reactive ketones (excluding diaryl/α,β-unsaturated/α-hetero) is 1. The van der Waals surface area contributed by atoms with Gasteiger partial charge >= 0.3 is 0 Å². The van der Waals surface area contributed by atoms with E-state index in [1.165, 1.54) is 13.0 Å². The molecular formula is C12H16Cl3FN2O. The Hall–Kier alpha value is -0.710. The molecule has 0 amide bonds. The summed E-state index contributed by atoms with van der Waals surface area (Å²) >= 11 is 11.9. The second-order valence-electron chi connectivity index (χ2n) is 4.71. The first kappa shape index (κ1) is 18.3. The predicted molar refractivity (Wildman–Crippen MR) is 81.8 cm³/mol. The molecule has 3 N–H and O–H groups in total. The third kappa shape index (κ3) is 4.13. The fraction of sp³-hybridized carbons (Fsp3) is 0.417. The second-order valence-corrected chi connectivity index (χ2v) is 5.49. The van der Waals surface area contributed by atoms with Crippen molar-refractivity contribution < 1.29 is 9.18 Å². The number of anilines is 2. The molecule has 3 nitrogen and oxygen atoms in total. The third-order valence-corrected chi connectivity index (χ3v) is 3.14. The molecule has 1 aromatic carbocycles. The number of ketones is 1. The average Bonchev–Trinajstić information content (AvgIpc) is 2.29. The highest BCUT2D eigenvalue weighted by atomic mass is 35.5. The summed E-state index contributed by atoms with van der Waals surface area (Å²) in [6.45, 7) is 4.06. The minimum atomic E-state index is -0.853. The van der Waals surface area contributed by atoms with Gasteiger partial charge in [0.2, 0.25) is 0 Å². The first-order chi connectivity index (χ1) is 8.19. The SMILES string of the molecule is CC(=O)c1cc(Cl)c(N)c(Cl)c1NC(C)(C)CF.Cl. The third-order valence-electron chi connectivity index (χ3n) is 2.43. The smallest absolute Gasteiger partial charge is 0.161 e. The Morgan fingerprint density at radius 2 is 2.00 bits per heavy atom. The van der Waals surface area contributed by atoms with Gasteiger partial charge in [-0.3, -0.25) is 4.79 Å². The first-order valence-electron chi connectivity index (χ1n) is 5.32. The topological polar surface area (TPSA) is 55.1 Å². The van der Waals surface area contributed by atoms with Crippen LogP contribution in [0.2, 0.25) is 10.0 Å². The van der Waals surface area contributed by atoms with E-state index in [4.69, 9.17) is 28.9 Å². The Bertz CT molecular complexity index is 492. The molecule has 0 unspecified atom stereocenters. The molecule has 0 saturated carbocycles. The highest BCUT2D eigenvalue weighted by Gasteiger charge is 2.23. The van der Waals surface area contributed by atoms with E-state index >= 15 is 0 Å². The Balaban J connectivity index is 0.00000324. The number of nitrogen functional groups attached to an aromatic ring is 1. The van der Waals surface area contributed by atoms with Crippen molar-refractivity contribution in [1.82, 2.24) is 0 Å². The molecule has 0 aliphatic heterocycles. The van der Waals surface area contributed by atoms with Crippen LogP contribution in [0.25, 0.3) is 0 Å². The molecule has 0 aliphatic rings. The van der Waals surface area contributed by atoms with E-state index in [-0.39, 0.29) is 33.9 Å². The lowest BCUT2D eigenvalue weighted by Gasteiger charge is -2.26. The number of hydrogen-bond acceptors (Lipinski definition) is 3. The van der Waals surface area contributed by atoms with Crippen molar-refractivity contribution in [3.8, 4) is 0 Å². The van der Waals surface area contributed by atoms with Gasteiger partial charge in [0.15, 0.2) is 5.78 Å². The Kier molecular flexibility index (Phi) is 6.39. The van der Waals surface area contributed by atoms with Crippen molar-refractivity contribution >= 4 is 52.8 Å². The number of carbonyl (C=O) groups is 1. The van der Waals surface area contributed by atoms with Crippen LogP contribution in [0, 0.1) is 0 Å². The summed E-state index contributed by atoms with van der Waals surface area (Å²) in [5.74, 6) is -0.226. The standard InChI is InChI=1S/C12H15Cl2FN2O.ClH/c1-6(18)7-4-8(13)10(16)9(14)11(7)17-12(2,3)5-15;/h4,17H,5,16H2,1-3H3;1H. The van der Waals surface area contributed by atoms with Crippen LogP contribution in [-0.4, -0.2) is 18.0 Å². The largest absolute Gasteiger partial charge is 0.396 e. The lowest BCUT2D eigenvalue weighted by molar-refractivity contribution is 0.101. The van der Waals surface area contributed by atoms with Crippen LogP contribution in [0.4, 0.5) is 15.8 Å². The van der Waals surface area contributed by atoms with Crippen LogP contribution in [0.15, 0.2) is 6.07 Å². The molecule has 19 heavy (non-hydrogen) atoms. The monoisotopic (exact) mass is 328 g/mol. The van der Waals surface area contributed by atoms with Crippen LogP contribution < -0.4 is 11.1 Å². The van der Waals surface area contributed by atoms with Gasteiger partial charge in [-0.1, -0.05) is 23.2 Å². The maximum Gasteiger partial charge on any atom is 0.161 e. The molecule has 0 radical (unpaired) electrons. The molecular weight excluding hydrogens is 314 g/mol. The molecule has 1 aromatic rings. The number of hydrogen-bond donors (Lipinski definition) is 2. The summed E-state index contributed by atoms with van der Waals surface area (Å²) in [5, 5.41) is 3.22. The van der Waals surface area contributed by atoms with Crippen molar-refractivity contribution in [2.75, 3.05) is 17.7 Å². The molecule has 0 atom stereocenters. The zero-order valence-electron chi connectivity index (χ0n) is 10.8. The molecule has 1 rings (SSSR count). The predicted octanol–water partition coefficient (Wildman–Crippen LogP) is 4.36. The molecule has 0 spiro atoms. The number of carbonyl (C=O) groups excluding carboxylic acids is 1. The average molecular weight is 330 g/mol. The number of alkyl halides is 1. The normalized spacial score (nSPS) is 10.8. The number of benzene rings is 1. The van der Waals surface area contributed by atoms with Gasteiger partial charge in [0.1, 0.15) is 6.67 Å². The minimum Gasteiger partial charge on any atom is -0.396 e. The van der Waals surface area contributed by atoms with Crippen LogP contribution >= 0.6 is 35.6 Å². The van der Waals surface area contributed by atoms with Crippen LogP contribution in [0.5, 0.6) is 0 Å². The van der Waals surface area contributed by atoms with E-state index in [0.717, 1.165) is 0 Å². The van der Waals surface area contributed by atoms with Gasteiger partial charge < -0.3 is 11.1 Å². The van der Waals surface area contributed by atoms with Crippen molar-refractivity contribution in [1.29, 1.82) is 0 Å². The van der Waals surface area contributed by atoms with Gasteiger partial charge in [-0.2, -0.15) is 0 Å². The minimum absolute atomic E-state index is 0. The number of rotatable bonds is 4. The summed E-state index contributed by atoms with van der Waals surface area (Å²) in [6.07, 6.45) is 0. The maximum absolute atomic E-state index is 12.9. The second kappa shape index (κ2) is 6.64. The molecule has 0 aliphatic carbocycles. The number of nitrogens with one attached hydrogen (secondary N) is 1. The number of halogens is 4. The van der Waals surface area contributed by atoms with Gasteiger partial charge in [0, 0.05) is 5.56 Å². The fourth-order valence-electron chi connectivity index (χ4n) is 1.41.